The van der Waals surface area contributed by atoms with Crippen LogP contribution < -0.4 is 5.32 Å². The van der Waals surface area contributed by atoms with Crippen molar-refractivity contribution >= 4 is 13.7 Å². The third-order valence-corrected chi connectivity index (χ3v) is 15.4. The molecule has 0 spiro atoms. The highest BCUT2D eigenvalue weighted by Crippen LogP contribution is 2.47. The first-order valence-corrected chi connectivity index (χ1v) is 30.5. The van der Waals surface area contributed by atoms with E-state index in [-0.39, 0.29) is 12.3 Å². The van der Waals surface area contributed by atoms with E-state index in [1.165, 1.54) is 212 Å². The third-order valence-electron chi connectivity index (χ3n) is 14.4. The molecule has 0 radical (unpaired) electrons. The number of hydrogen-bond acceptors (Lipinski definition) is 10. The van der Waals surface area contributed by atoms with E-state index in [2.05, 4.69) is 19.2 Å². The molecular weight excluding hydrogens is 882 g/mol. The summed E-state index contributed by atoms with van der Waals surface area (Å²) in [6.45, 7) is 3.95. The summed E-state index contributed by atoms with van der Waals surface area (Å²) in [5.41, 5.74) is 0. The molecular formula is C55H110NO11P. The number of amides is 1. The van der Waals surface area contributed by atoms with Crippen LogP contribution in [0.2, 0.25) is 0 Å². The Balaban J connectivity index is 2.31. The quantitative estimate of drug-likeness (QED) is 0.0213. The minimum Gasteiger partial charge on any atom is -0.391 e. The number of carbonyl (C=O) groups excluding carboxylic acids is 1. The molecule has 1 fully saturated rings. The zero-order valence-electron chi connectivity index (χ0n) is 43.9. The van der Waals surface area contributed by atoms with Crippen molar-refractivity contribution in [1.82, 2.24) is 5.32 Å². The molecule has 0 bridgehead atoms. The molecule has 1 amide bonds. The Hall–Kier alpha value is -0.660. The van der Waals surface area contributed by atoms with Gasteiger partial charge < -0.3 is 40.8 Å². The lowest BCUT2D eigenvalue weighted by Gasteiger charge is -2.41. The Morgan fingerprint density at radius 2 is 0.706 bits per heavy atom. The maximum absolute atomic E-state index is 13.1. The van der Waals surface area contributed by atoms with Crippen LogP contribution in [0.5, 0.6) is 0 Å². The van der Waals surface area contributed by atoms with Gasteiger partial charge in [0.1, 0.15) is 36.6 Å². The zero-order chi connectivity index (χ0) is 49.9. The highest BCUT2D eigenvalue weighted by Gasteiger charge is 2.51. The van der Waals surface area contributed by atoms with Crippen molar-refractivity contribution < 1.29 is 53.9 Å². The number of aliphatic hydroxyl groups excluding tert-OH is 6. The number of phosphoric ester groups is 1. The van der Waals surface area contributed by atoms with Crippen molar-refractivity contribution in [2.45, 2.75) is 339 Å². The molecule has 1 aliphatic carbocycles. The van der Waals surface area contributed by atoms with Gasteiger partial charge in [-0.3, -0.25) is 13.8 Å². The standard InChI is InChI=1S/C55H110NO11P/c1-3-5-7-9-11-13-15-17-19-21-22-23-24-25-26-27-29-31-33-35-37-39-41-43-45-49(58)56-47(46-66-68(64,65)67-55-53(62)51(60)50(59)52(61)54(55)63)48(57)44-42-40-38-36-34-32-30-28-20-18-16-14-12-10-8-6-4-2/h47-48,50-55,57,59-63H,3-46H2,1-2H3,(H,56,58)(H,64,65)/t47-,48+,50?,51+,52?,53?,54?,55?/m0/s1. The number of nitrogens with one attached hydrogen (secondary N) is 1. The number of hydrogen-bond donors (Lipinski definition) is 8. The first-order chi connectivity index (χ1) is 32.9. The van der Waals surface area contributed by atoms with Gasteiger partial charge in [0.15, 0.2) is 0 Å². The lowest BCUT2D eigenvalue weighted by Crippen LogP contribution is -2.64. The summed E-state index contributed by atoms with van der Waals surface area (Å²) in [4.78, 5) is 23.6. The van der Waals surface area contributed by atoms with E-state index in [1.807, 2.05) is 0 Å². The average Bonchev–Trinajstić information content (AvgIpc) is 3.32. The number of unbranched alkanes of at least 4 members (excludes halogenated alkanes) is 39. The number of aliphatic hydroxyl groups is 6. The molecule has 68 heavy (non-hydrogen) atoms. The second kappa shape index (κ2) is 45.0. The van der Waals surface area contributed by atoms with E-state index in [0.29, 0.717) is 19.3 Å². The SMILES string of the molecule is CCCCCCCCCCCCCCCCCCCCCCCCCCC(=O)N[C@@H](COP(=O)(O)OC1C(O)C(O)C(O)[C@@H](O)C1O)[C@H](O)CCCCCCCCCCCCCCCCCCC. The summed E-state index contributed by atoms with van der Waals surface area (Å²) in [5, 5.41) is 64.5. The summed E-state index contributed by atoms with van der Waals surface area (Å²) in [7, 11) is -5.06. The monoisotopic (exact) mass is 992 g/mol. The Morgan fingerprint density at radius 1 is 0.441 bits per heavy atom. The average molecular weight is 992 g/mol. The maximum Gasteiger partial charge on any atom is 0.472 e. The summed E-state index contributed by atoms with van der Waals surface area (Å²) in [5.74, 6) is -0.300. The van der Waals surface area contributed by atoms with Gasteiger partial charge in [-0.05, 0) is 12.8 Å². The predicted octanol–water partition coefficient (Wildman–Crippen LogP) is 13.0. The van der Waals surface area contributed by atoms with Crippen LogP contribution in [0.25, 0.3) is 0 Å². The molecule has 1 rings (SSSR count). The van der Waals surface area contributed by atoms with Crippen LogP contribution in [-0.4, -0.2) is 96.8 Å². The van der Waals surface area contributed by atoms with Crippen molar-refractivity contribution in [1.29, 1.82) is 0 Å². The van der Waals surface area contributed by atoms with E-state index in [1.54, 1.807) is 0 Å². The van der Waals surface area contributed by atoms with Crippen molar-refractivity contribution in [3.63, 3.8) is 0 Å². The molecule has 9 atom stereocenters. The Bertz CT molecular complexity index is 1150. The number of phosphoric acid groups is 1. The highest BCUT2D eigenvalue weighted by atomic mass is 31.2. The van der Waals surface area contributed by atoms with Gasteiger partial charge in [-0.25, -0.2) is 4.57 Å². The molecule has 0 aliphatic heterocycles. The summed E-state index contributed by atoms with van der Waals surface area (Å²) < 4.78 is 23.1. The van der Waals surface area contributed by atoms with Gasteiger partial charge in [0.05, 0.1) is 18.8 Å². The molecule has 8 N–H and O–H groups in total. The summed E-state index contributed by atoms with van der Waals surface area (Å²) >= 11 is 0. The molecule has 13 heteroatoms. The molecule has 6 unspecified atom stereocenters. The van der Waals surface area contributed by atoms with Crippen molar-refractivity contribution in [2.75, 3.05) is 6.61 Å². The fourth-order valence-electron chi connectivity index (χ4n) is 9.74. The minimum absolute atomic E-state index is 0.243. The fraction of sp³-hybridized carbons (Fsp3) is 0.982. The van der Waals surface area contributed by atoms with Crippen LogP contribution in [0.15, 0.2) is 0 Å². The Labute approximate surface area is 416 Å². The molecule has 0 heterocycles. The van der Waals surface area contributed by atoms with E-state index in [0.717, 1.165) is 38.5 Å². The van der Waals surface area contributed by atoms with Crippen molar-refractivity contribution in [2.24, 2.45) is 0 Å². The van der Waals surface area contributed by atoms with Crippen LogP contribution in [0.1, 0.15) is 290 Å². The fourth-order valence-corrected chi connectivity index (χ4v) is 10.7. The van der Waals surface area contributed by atoms with Crippen LogP contribution in [-0.2, 0) is 18.4 Å². The number of rotatable bonds is 50. The third kappa shape index (κ3) is 35.5. The van der Waals surface area contributed by atoms with Gasteiger partial charge >= 0.3 is 7.82 Å². The molecule has 1 aliphatic rings. The van der Waals surface area contributed by atoms with Crippen LogP contribution in [0.3, 0.4) is 0 Å². The normalized spacial score (nSPS) is 21.5. The van der Waals surface area contributed by atoms with E-state index in [4.69, 9.17) is 9.05 Å². The minimum atomic E-state index is -5.06. The molecule has 406 valence electrons. The van der Waals surface area contributed by atoms with E-state index in [9.17, 15) is 44.9 Å². The van der Waals surface area contributed by atoms with Crippen molar-refractivity contribution in [3.05, 3.63) is 0 Å². The first kappa shape index (κ1) is 65.4. The van der Waals surface area contributed by atoms with Gasteiger partial charge in [0.25, 0.3) is 0 Å². The molecule has 1 saturated carbocycles. The molecule has 0 aromatic rings. The van der Waals surface area contributed by atoms with Crippen LogP contribution in [0, 0.1) is 0 Å². The largest absolute Gasteiger partial charge is 0.472 e. The Morgan fingerprint density at radius 3 is 1.01 bits per heavy atom. The van der Waals surface area contributed by atoms with Gasteiger partial charge in [0.2, 0.25) is 5.91 Å². The number of carbonyl (C=O) groups is 1. The van der Waals surface area contributed by atoms with Gasteiger partial charge in [-0.15, -0.1) is 0 Å². The molecule has 0 saturated heterocycles. The second-order valence-corrected chi connectivity index (χ2v) is 22.3. The van der Waals surface area contributed by atoms with Gasteiger partial charge in [0, 0.05) is 6.42 Å². The topological polar surface area (TPSA) is 206 Å². The van der Waals surface area contributed by atoms with E-state index >= 15 is 0 Å². The van der Waals surface area contributed by atoms with Gasteiger partial charge in [-0.2, -0.15) is 0 Å². The second-order valence-electron chi connectivity index (χ2n) is 20.9. The highest BCUT2D eigenvalue weighted by molar-refractivity contribution is 7.47. The van der Waals surface area contributed by atoms with Crippen molar-refractivity contribution in [3.8, 4) is 0 Å². The van der Waals surface area contributed by atoms with Gasteiger partial charge in [-0.1, -0.05) is 271 Å². The van der Waals surface area contributed by atoms with Crippen LogP contribution >= 0.6 is 7.82 Å². The van der Waals surface area contributed by atoms with Crippen LogP contribution in [0.4, 0.5) is 0 Å². The lowest BCUT2D eigenvalue weighted by molar-refractivity contribution is -0.220. The maximum atomic E-state index is 13.1. The lowest BCUT2D eigenvalue weighted by atomic mass is 9.85. The summed E-state index contributed by atoms with van der Waals surface area (Å²) in [6, 6.07) is -1.03. The molecule has 12 nitrogen and oxygen atoms in total. The predicted molar refractivity (Wildman–Crippen MR) is 279 cm³/mol. The first-order valence-electron chi connectivity index (χ1n) is 29.0. The molecule has 0 aromatic heterocycles. The molecule has 0 aromatic carbocycles. The zero-order valence-corrected chi connectivity index (χ0v) is 44.8. The van der Waals surface area contributed by atoms with E-state index < -0.39 is 63.2 Å². The smallest absolute Gasteiger partial charge is 0.391 e. The Kier molecular flexibility index (Phi) is 43.2. The summed E-state index contributed by atoms with van der Waals surface area (Å²) in [6.07, 6.45) is 39.9.